The number of hydrazine groups is 2. The van der Waals surface area contributed by atoms with Crippen LogP contribution < -0.4 is 26.9 Å². The minimum Gasteiger partial charge on any atom is -0.473 e. The number of aromatic amines is 1. The van der Waals surface area contributed by atoms with Gasteiger partial charge < -0.3 is 4.74 Å². The van der Waals surface area contributed by atoms with Crippen molar-refractivity contribution >= 4 is 11.7 Å². The van der Waals surface area contributed by atoms with Crippen LogP contribution in [0, 0.1) is 6.92 Å². The number of carbonyl (C=O) groups is 1. The molecular formula is C12H16N6O2. The van der Waals surface area contributed by atoms with Crippen molar-refractivity contribution in [3.05, 3.63) is 41.6 Å². The molecule has 0 radical (unpaired) electrons. The molecule has 0 fully saturated rings. The molecule has 8 nitrogen and oxygen atoms in total. The molecule has 1 aromatic heterocycles. The highest BCUT2D eigenvalue weighted by Gasteiger charge is 2.16. The van der Waals surface area contributed by atoms with E-state index in [0.717, 1.165) is 16.1 Å². The van der Waals surface area contributed by atoms with Crippen LogP contribution in [0.1, 0.15) is 11.1 Å². The lowest BCUT2D eigenvalue weighted by molar-refractivity contribution is 0.246. The number of hydrogen-bond donors (Lipinski definition) is 4. The van der Waals surface area contributed by atoms with Crippen molar-refractivity contribution in [2.24, 2.45) is 11.7 Å². The van der Waals surface area contributed by atoms with Crippen LogP contribution in [0.5, 0.6) is 5.88 Å². The van der Waals surface area contributed by atoms with Gasteiger partial charge in [-0.15, -0.1) is 0 Å². The molecule has 0 bridgehead atoms. The Morgan fingerprint density at radius 1 is 1.50 bits per heavy atom. The zero-order valence-electron chi connectivity index (χ0n) is 11.0. The van der Waals surface area contributed by atoms with E-state index < -0.39 is 6.03 Å². The van der Waals surface area contributed by atoms with Gasteiger partial charge in [-0.1, -0.05) is 12.1 Å². The molecule has 2 aromatic rings. The standard InChI is InChI=1S/C12H16N6O2/c1-8-3-2-4-10(18(14)12(19)16-13)9(8)7-20-11-5-6-15-17-11/h2-6H,7,13-14H2,1H3,(H,15,17)(H,16,19). The van der Waals surface area contributed by atoms with Crippen molar-refractivity contribution in [1.29, 1.82) is 0 Å². The molecule has 0 atom stereocenters. The summed E-state index contributed by atoms with van der Waals surface area (Å²) in [7, 11) is 0. The highest BCUT2D eigenvalue weighted by molar-refractivity contribution is 5.91. The number of benzene rings is 1. The first kappa shape index (κ1) is 13.8. The fourth-order valence-corrected chi connectivity index (χ4v) is 1.75. The van der Waals surface area contributed by atoms with Crippen molar-refractivity contribution < 1.29 is 9.53 Å². The molecule has 1 aromatic carbocycles. The van der Waals surface area contributed by atoms with E-state index in [-0.39, 0.29) is 6.61 Å². The maximum atomic E-state index is 11.5. The third-order valence-electron chi connectivity index (χ3n) is 2.83. The molecule has 0 aliphatic heterocycles. The molecule has 6 N–H and O–H groups in total. The number of hydrogen-bond acceptors (Lipinski definition) is 5. The first-order valence-electron chi connectivity index (χ1n) is 5.89. The summed E-state index contributed by atoms with van der Waals surface area (Å²) in [5.41, 5.74) is 4.24. The number of amides is 2. The van der Waals surface area contributed by atoms with E-state index in [1.54, 1.807) is 24.4 Å². The van der Waals surface area contributed by atoms with Crippen LogP contribution in [-0.2, 0) is 6.61 Å². The quantitative estimate of drug-likeness (QED) is 0.369. The molecule has 0 unspecified atom stereocenters. The first-order chi connectivity index (χ1) is 9.63. The summed E-state index contributed by atoms with van der Waals surface area (Å²) in [6, 6.07) is 6.51. The normalized spacial score (nSPS) is 10.2. The number of urea groups is 1. The Morgan fingerprint density at radius 2 is 2.30 bits per heavy atom. The van der Waals surface area contributed by atoms with Crippen molar-refractivity contribution in [1.82, 2.24) is 15.6 Å². The first-order valence-corrected chi connectivity index (χ1v) is 5.89. The van der Waals surface area contributed by atoms with E-state index in [1.807, 2.05) is 18.4 Å². The number of rotatable bonds is 4. The fraction of sp³-hybridized carbons (Fsp3) is 0.167. The third-order valence-corrected chi connectivity index (χ3v) is 2.83. The van der Waals surface area contributed by atoms with Crippen LogP contribution in [0.2, 0.25) is 0 Å². The van der Waals surface area contributed by atoms with Crippen LogP contribution >= 0.6 is 0 Å². The lowest BCUT2D eigenvalue weighted by Gasteiger charge is -2.20. The topological polar surface area (TPSA) is 122 Å². The molecule has 2 rings (SSSR count). The Kier molecular flexibility index (Phi) is 4.18. The molecule has 0 aliphatic carbocycles. The Balaban J connectivity index is 2.24. The van der Waals surface area contributed by atoms with Crippen LogP contribution in [0.15, 0.2) is 30.5 Å². The number of nitrogens with two attached hydrogens (primary N) is 2. The van der Waals surface area contributed by atoms with Crippen molar-refractivity contribution in [2.75, 3.05) is 5.01 Å². The second kappa shape index (κ2) is 6.04. The number of aromatic nitrogens is 2. The lowest BCUT2D eigenvalue weighted by atomic mass is 10.1. The van der Waals surface area contributed by atoms with Crippen LogP contribution in [-0.4, -0.2) is 16.2 Å². The van der Waals surface area contributed by atoms with Gasteiger partial charge in [-0.05, 0) is 18.6 Å². The van der Waals surface area contributed by atoms with Gasteiger partial charge in [0.05, 0.1) is 11.9 Å². The number of carbonyl (C=O) groups excluding carboxylic acids is 1. The lowest BCUT2D eigenvalue weighted by Crippen LogP contribution is -2.48. The molecule has 0 saturated carbocycles. The smallest absolute Gasteiger partial charge is 0.350 e. The summed E-state index contributed by atoms with van der Waals surface area (Å²) in [5.74, 6) is 11.4. The second-order valence-electron chi connectivity index (χ2n) is 4.10. The predicted octanol–water partition coefficient (Wildman–Crippen LogP) is 0.561. The van der Waals surface area contributed by atoms with E-state index in [0.29, 0.717) is 11.6 Å². The Hall–Kier alpha value is -2.58. The van der Waals surface area contributed by atoms with Gasteiger partial charge in [0.15, 0.2) is 0 Å². The Labute approximate surface area is 115 Å². The van der Waals surface area contributed by atoms with Gasteiger partial charge in [-0.25, -0.2) is 26.6 Å². The summed E-state index contributed by atoms with van der Waals surface area (Å²) >= 11 is 0. The SMILES string of the molecule is Cc1cccc(N(N)C(=O)NN)c1COc1ccn[nH]1. The van der Waals surface area contributed by atoms with Crippen molar-refractivity contribution in [2.45, 2.75) is 13.5 Å². The molecule has 0 aliphatic rings. The Morgan fingerprint density at radius 3 is 2.95 bits per heavy atom. The predicted molar refractivity (Wildman–Crippen MR) is 73.5 cm³/mol. The zero-order chi connectivity index (χ0) is 14.5. The molecule has 1 heterocycles. The number of aryl methyl sites for hydroxylation is 1. The average Bonchev–Trinajstić information content (AvgIpc) is 2.97. The summed E-state index contributed by atoms with van der Waals surface area (Å²) in [4.78, 5) is 11.5. The summed E-state index contributed by atoms with van der Waals surface area (Å²) in [6.45, 7) is 2.15. The number of anilines is 1. The van der Waals surface area contributed by atoms with E-state index in [4.69, 9.17) is 16.4 Å². The average molecular weight is 276 g/mol. The number of nitrogens with zero attached hydrogens (tertiary/aromatic N) is 2. The Bertz CT molecular complexity index is 584. The zero-order valence-corrected chi connectivity index (χ0v) is 11.0. The van der Waals surface area contributed by atoms with E-state index in [1.165, 1.54) is 0 Å². The largest absolute Gasteiger partial charge is 0.473 e. The van der Waals surface area contributed by atoms with Gasteiger partial charge in [0.1, 0.15) is 6.61 Å². The van der Waals surface area contributed by atoms with Gasteiger partial charge in [0.25, 0.3) is 0 Å². The van der Waals surface area contributed by atoms with Crippen LogP contribution in [0.25, 0.3) is 0 Å². The molecule has 20 heavy (non-hydrogen) atoms. The van der Waals surface area contributed by atoms with Gasteiger partial charge in [0.2, 0.25) is 5.88 Å². The van der Waals surface area contributed by atoms with Crippen LogP contribution in [0.3, 0.4) is 0 Å². The van der Waals surface area contributed by atoms with Gasteiger partial charge in [-0.3, -0.25) is 5.43 Å². The third kappa shape index (κ3) is 2.87. The molecule has 0 saturated heterocycles. The molecular weight excluding hydrogens is 260 g/mol. The molecule has 0 spiro atoms. The molecule has 8 heteroatoms. The van der Waals surface area contributed by atoms with E-state index in [2.05, 4.69) is 10.2 Å². The van der Waals surface area contributed by atoms with Gasteiger partial charge in [0, 0.05) is 11.6 Å². The van der Waals surface area contributed by atoms with E-state index >= 15 is 0 Å². The minimum absolute atomic E-state index is 0.246. The van der Waals surface area contributed by atoms with Crippen LogP contribution in [0.4, 0.5) is 10.5 Å². The summed E-state index contributed by atoms with van der Waals surface area (Å²) in [5, 5.41) is 7.43. The summed E-state index contributed by atoms with van der Waals surface area (Å²) in [6.07, 6.45) is 1.59. The second-order valence-corrected chi connectivity index (χ2v) is 4.10. The van der Waals surface area contributed by atoms with Crippen molar-refractivity contribution in [3.8, 4) is 5.88 Å². The highest BCUT2D eigenvalue weighted by atomic mass is 16.5. The fourth-order valence-electron chi connectivity index (χ4n) is 1.75. The van der Waals surface area contributed by atoms with Gasteiger partial charge in [-0.2, -0.15) is 5.10 Å². The maximum Gasteiger partial charge on any atom is 0.350 e. The van der Waals surface area contributed by atoms with Gasteiger partial charge >= 0.3 is 6.03 Å². The summed E-state index contributed by atoms with van der Waals surface area (Å²) < 4.78 is 5.55. The highest BCUT2D eigenvalue weighted by Crippen LogP contribution is 2.23. The number of ether oxygens (including phenoxy) is 1. The number of H-pyrrole nitrogens is 1. The monoisotopic (exact) mass is 276 g/mol. The van der Waals surface area contributed by atoms with E-state index in [9.17, 15) is 4.79 Å². The minimum atomic E-state index is -0.613. The number of nitrogens with one attached hydrogen (secondary N) is 2. The van der Waals surface area contributed by atoms with Crippen molar-refractivity contribution in [3.63, 3.8) is 0 Å². The molecule has 2 amide bonds. The maximum absolute atomic E-state index is 11.5. The molecule has 106 valence electrons.